The minimum atomic E-state index is -0.733. The molecule has 4 heterocycles. The van der Waals surface area contributed by atoms with Crippen molar-refractivity contribution in [3.05, 3.63) is 189 Å². The van der Waals surface area contributed by atoms with Crippen molar-refractivity contribution in [3.8, 4) is 0 Å². The van der Waals surface area contributed by atoms with Crippen LogP contribution in [-0.2, 0) is 58.2 Å². The first-order chi connectivity index (χ1) is 40.0. The SMILES string of the molecule is NC(=O)c1nn(CC(=O)N(CC(=O)NCc2cccc(Cl)c2F)C2CC2)c2ccc(CCc3cccnc3)cc12.NC(=O)c1nn(CC(=O)N(CC(=O)NCc2cccc(Cl)c2F)C2CC2)c2ccc(N)cc12.O=Cc1cccnc1.[B].[C-]#N.[Na+]. The van der Waals surface area contributed by atoms with Crippen molar-refractivity contribution < 1.29 is 71.9 Å². The monoisotopic (exact) mass is 1200 g/mol. The summed E-state index contributed by atoms with van der Waals surface area (Å²) in [5, 5.41) is 21.1. The smallest absolute Gasteiger partial charge is 0.512 e. The Balaban J connectivity index is 0.000000265. The fraction of sp³-hybridized carbons (Fsp3) is 0.241. The first kappa shape index (κ1) is 67.2. The van der Waals surface area contributed by atoms with Gasteiger partial charge in [-0.2, -0.15) is 10.2 Å². The second-order valence-electron chi connectivity index (χ2n) is 19.1. The molecule has 2 aliphatic carbocycles. The number of nitrogen functional groups attached to an aromatic ring is 1. The second-order valence-corrected chi connectivity index (χ2v) is 19.9. The number of pyridine rings is 2. The van der Waals surface area contributed by atoms with Crippen LogP contribution in [0, 0.1) is 23.5 Å². The zero-order chi connectivity index (χ0) is 59.7. The summed E-state index contributed by atoms with van der Waals surface area (Å²) >= 11 is 11.6. The molecule has 6 amide bonds. The van der Waals surface area contributed by atoms with E-state index in [0.717, 1.165) is 55.9 Å². The van der Waals surface area contributed by atoms with Crippen molar-refractivity contribution in [2.75, 3.05) is 18.8 Å². The molecule has 0 aliphatic heterocycles. The number of aldehydes is 1. The number of halogens is 4. The van der Waals surface area contributed by atoms with Gasteiger partial charge >= 0.3 is 29.6 Å². The number of nitrogens with one attached hydrogen (secondary N) is 2. The molecule has 8 N–H and O–H groups in total. The Bertz CT molecular complexity index is 3700. The van der Waals surface area contributed by atoms with E-state index in [9.17, 15) is 42.3 Å². The van der Waals surface area contributed by atoms with Gasteiger partial charge in [0.05, 0.1) is 34.2 Å². The summed E-state index contributed by atoms with van der Waals surface area (Å²) in [5.74, 6) is -4.09. The summed E-state index contributed by atoms with van der Waals surface area (Å²) in [7, 11) is 0. The van der Waals surface area contributed by atoms with Crippen molar-refractivity contribution in [2.45, 2.75) is 76.8 Å². The number of nitrogens with zero attached hydrogens (tertiary/aromatic N) is 9. The van der Waals surface area contributed by atoms with Gasteiger partial charge in [-0.25, -0.2) is 8.78 Å². The van der Waals surface area contributed by atoms with E-state index in [1.807, 2.05) is 36.5 Å². The maximum atomic E-state index is 14.2. The van der Waals surface area contributed by atoms with Gasteiger partial charge in [0.1, 0.15) is 24.7 Å². The summed E-state index contributed by atoms with van der Waals surface area (Å²) in [5.41, 5.74) is 21.7. The van der Waals surface area contributed by atoms with Crippen LogP contribution in [0.4, 0.5) is 14.5 Å². The van der Waals surface area contributed by atoms with E-state index in [2.05, 4.69) is 30.8 Å². The van der Waals surface area contributed by atoms with Crippen molar-refractivity contribution >= 4 is 101 Å². The summed E-state index contributed by atoms with van der Waals surface area (Å²) < 4.78 is 31.0. The molecule has 4 aromatic heterocycles. The average Bonchev–Trinajstić information content (AvgIpc) is 2.36. The van der Waals surface area contributed by atoms with Gasteiger partial charge in [-0.3, -0.25) is 52.9 Å². The number of carbonyl (C=O) groups excluding carboxylic acids is 7. The van der Waals surface area contributed by atoms with Crippen molar-refractivity contribution in [3.63, 3.8) is 0 Å². The van der Waals surface area contributed by atoms with Gasteiger partial charge in [-0.05, 0) is 110 Å². The van der Waals surface area contributed by atoms with E-state index in [-0.39, 0.29) is 134 Å². The first-order valence-corrected chi connectivity index (χ1v) is 26.5. The maximum Gasteiger partial charge on any atom is 1.00 e. The number of rotatable bonds is 20. The van der Waals surface area contributed by atoms with Crippen LogP contribution in [0.2, 0.25) is 10.0 Å². The Hall–Kier alpha value is -8.60. The van der Waals surface area contributed by atoms with E-state index in [4.69, 9.17) is 52.2 Å². The Morgan fingerprint density at radius 3 is 1.53 bits per heavy atom. The number of carbonyl (C=O) groups is 7. The molecule has 21 nitrogen and oxygen atoms in total. The van der Waals surface area contributed by atoms with Crippen LogP contribution in [0.15, 0.2) is 122 Å². The van der Waals surface area contributed by atoms with Crippen LogP contribution >= 0.6 is 23.2 Å². The number of amides is 6. The molecule has 0 unspecified atom stereocenters. The molecule has 0 spiro atoms. The molecular weight excluding hydrogens is 1150 g/mol. The van der Waals surface area contributed by atoms with Gasteiger partial charge in [0, 0.05) is 91.5 Å². The molecule has 27 heteroatoms. The number of fused-ring (bicyclic) bond motifs is 2. The normalized spacial score (nSPS) is 12.0. The van der Waals surface area contributed by atoms with Gasteiger partial charge in [0.15, 0.2) is 17.7 Å². The van der Waals surface area contributed by atoms with Gasteiger partial charge in [-0.1, -0.05) is 59.6 Å². The molecule has 0 atom stereocenters. The standard InChI is InChI=1S/C29H28ClFN6O3.C22H22ClFN6O3.C6H5NO.CN.B.Na/c30-23-5-1-4-20(27(23)31)15-34-25(38)16-36(21-9-10-21)26(39)17-37-24-11-8-18(6-7-19-3-2-12-33-14-19)13-22(24)28(35-37)29(32)40;23-16-3-1-2-12(20(16)24)9-27-18(31)10-29(14-5-6-14)19(32)11-30-17-7-4-13(25)8-15(17)21(28-30)22(26)33;8-5-6-2-1-3-7-4-6;1-2;;/h1-5,8,11-14,21H,6-7,9-10,15-17H2,(H2,32,40)(H,34,38);1-4,7-8,14H,5-6,9-11,25H2,(H2,26,33)(H,27,31);1-5H;;;/q;;;-1;;+1. The number of primary amides is 2. The summed E-state index contributed by atoms with van der Waals surface area (Å²) in [4.78, 5) is 96.3. The zero-order valence-corrected chi connectivity index (χ0v) is 49.5. The van der Waals surface area contributed by atoms with Crippen LogP contribution in [0.1, 0.15) is 79.3 Å². The Labute approximate surface area is 521 Å². The fourth-order valence-electron chi connectivity index (χ4n) is 8.70. The Morgan fingerprint density at radius 2 is 1.11 bits per heavy atom. The molecule has 2 aliphatic rings. The van der Waals surface area contributed by atoms with E-state index in [1.54, 1.807) is 54.9 Å². The topological polar surface area (TPSA) is 313 Å². The Kier molecular flexibility index (Phi) is 25.2. The molecule has 2 saturated carbocycles. The van der Waals surface area contributed by atoms with Crippen LogP contribution in [0.3, 0.4) is 0 Å². The van der Waals surface area contributed by atoms with Gasteiger partial charge in [-0.15, -0.1) is 0 Å². The van der Waals surface area contributed by atoms with Gasteiger partial charge < -0.3 is 49.5 Å². The summed E-state index contributed by atoms with van der Waals surface area (Å²) in [6.45, 7) is 3.95. The number of anilines is 1. The van der Waals surface area contributed by atoms with Crippen LogP contribution in [0.5, 0.6) is 0 Å². The summed E-state index contributed by atoms with van der Waals surface area (Å²) in [6.07, 6.45) is 12.1. The second kappa shape index (κ2) is 31.9. The molecule has 85 heavy (non-hydrogen) atoms. The molecular formula is C58H55BCl2F2N14NaO7. The van der Waals surface area contributed by atoms with Gasteiger partial charge in [0.2, 0.25) is 23.6 Å². The van der Waals surface area contributed by atoms with Crippen molar-refractivity contribution in [1.82, 2.24) is 50.0 Å². The third-order valence-electron chi connectivity index (χ3n) is 13.1. The molecule has 3 radical (unpaired) electrons. The van der Waals surface area contributed by atoms with Crippen LogP contribution in [-0.4, -0.2) is 115 Å². The molecule has 8 aromatic rings. The third kappa shape index (κ3) is 18.4. The van der Waals surface area contributed by atoms with Crippen molar-refractivity contribution in [1.29, 1.82) is 5.26 Å². The predicted molar refractivity (Wildman–Crippen MR) is 309 cm³/mol. The Morgan fingerprint density at radius 1 is 0.647 bits per heavy atom. The fourth-order valence-corrected chi connectivity index (χ4v) is 9.08. The predicted octanol–water partition coefficient (Wildman–Crippen LogP) is 2.85. The number of hydrogen-bond acceptors (Lipinski definition) is 13. The molecule has 2 fully saturated rings. The minimum Gasteiger partial charge on any atom is -0.512 e. The first-order valence-electron chi connectivity index (χ1n) is 25.8. The van der Waals surface area contributed by atoms with Gasteiger partial charge in [0.25, 0.3) is 11.8 Å². The number of benzene rings is 4. The molecule has 0 bridgehead atoms. The van der Waals surface area contributed by atoms with E-state index >= 15 is 0 Å². The quantitative estimate of drug-likeness (QED) is 0.0318. The molecule has 431 valence electrons. The van der Waals surface area contributed by atoms with E-state index < -0.39 is 35.3 Å². The van der Waals surface area contributed by atoms with Crippen LogP contribution in [0.25, 0.3) is 21.8 Å². The minimum absolute atomic E-state index is 0. The third-order valence-corrected chi connectivity index (χ3v) is 13.7. The summed E-state index contributed by atoms with van der Waals surface area (Å²) in [6, 6.07) is 26.8. The largest absolute Gasteiger partial charge is 1.00 e. The number of aryl methyl sites for hydroxylation is 2. The number of hydrogen-bond donors (Lipinski definition) is 5. The number of nitrogens with two attached hydrogens (primary N) is 3. The molecule has 4 aromatic carbocycles. The van der Waals surface area contributed by atoms with Crippen LogP contribution < -0.4 is 57.4 Å². The number of aromatic nitrogens is 6. The maximum absolute atomic E-state index is 14.2. The zero-order valence-electron chi connectivity index (χ0n) is 46.0. The molecule has 0 saturated heterocycles. The molecule has 10 rings (SSSR count). The van der Waals surface area contributed by atoms with Crippen molar-refractivity contribution in [2.24, 2.45) is 11.5 Å². The average molecular weight is 1200 g/mol. The van der Waals surface area contributed by atoms with E-state index in [0.29, 0.717) is 33.1 Å². The van der Waals surface area contributed by atoms with E-state index in [1.165, 1.54) is 49.6 Å².